The van der Waals surface area contributed by atoms with Crippen molar-refractivity contribution in [1.82, 2.24) is 9.55 Å². The Bertz CT molecular complexity index is 884. The molecule has 0 aliphatic heterocycles. The van der Waals surface area contributed by atoms with E-state index >= 15 is 0 Å². The smallest absolute Gasteiger partial charge is 0.330 e. The highest BCUT2D eigenvalue weighted by Crippen LogP contribution is 2.21. The molecule has 0 saturated carbocycles. The Balaban J connectivity index is 2.56. The van der Waals surface area contributed by atoms with E-state index in [2.05, 4.69) is 4.98 Å². The monoisotopic (exact) mass is 372 g/mol. The molecule has 0 bridgehead atoms. The molecule has 7 heteroatoms. The number of carbonyl (C=O) groups excluding carboxylic acids is 1. The molecule has 3 N–H and O–H groups in total. The molecule has 2 aromatic rings. The van der Waals surface area contributed by atoms with Gasteiger partial charge in [-0.1, -0.05) is 45.4 Å². The zero-order chi connectivity index (χ0) is 20.0. The van der Waals surface area contributed by atoms with Gasteiger partial charge in [-0.3, -0.25) is 19.1 Å². The molecule has 0 aliphatic carbocycles. The van der Waals surface area contributed by atoms with Gasteiger partial charge >= 0.3 is 5.69 Å². The Morgan fingerprint density at radius 1 is 1.22 bits per heavy atom. The Morgan fingerprint density at radius 2 is 1.89 bits per heavy atom. The third kappa shape index (κ3) is 4.87. The molecule has 0 saturated heterocycles. The third-order valence-corrected chi connectivity index (χ3v) is 4.42. The number of carbonyl (C=O) groups is 1. The van der Waals surface area contributed by atoms with E-state index in [1.54, 1.807) is 24.3 Å². The van der Waals surface area contributed by atoms with Crippen LogP contribution in [0.3, 0.4) is 0 Å². The van der Waals surface area contributed by atoms with Crippen LogP contribution in [0, 0.1) is 5.92 Å². The van der Waals surface area contributed by atoms with Crippen molar-refractivity contribution in [3.05, 3.63) is 56.7 Å². The number of benzene rings is 1. The third-order valence-electron chi connectivity index (χ3n) is 4.42. The van der Waals surface area contributed by atoms with E-state index in [1.807, 2.05) is 26.8 Å². The molecule has 0 aliphatic rings. The van der Waals surface area contributed by atoms with Gasteiger partial charge < -0.3 is 10.6 Å². The van der Waals surface area contributed by atoms with E-state index in [4.69, 9.17) is 5.73 Å². The largest absolute Gasteiger partial charge is 0.383 e. The van der Waals surface area contributed by atoms with Crippen molar-refractivity contribution in [1.29, 1.82) is 0 Å². The number of nitrogens with one attached hydrogen (secondary N) is 1. The van der Waals surface area contributed by atoms with Crippen molar-refractivity contribution in [3.63, 3.8) is 0 Å². The van der Waals surface area contributed by atoms with E-state index in [1.165, 1.54) is 9.47 Å². The van der Waals surface area contributed by atoms with Gasteiger partial charge in [0.05, 0.1) is 0 Å². The van der Waals surface area contributed by atoms with Crippen LogP contribution in [-0.2, 0) is 6.54 Å². The van der Waals surface area contributed by atoms with E-state index < -0.39 is 11.2 Å². The maximum atomic E-state index is 13.1. The highest BCUT2D eigenvalue weighted by molar-refractivity contribution is 6.07. The fourth-order valence-corrected chi connectivity index (χ4v) is 2.82. The van der Waals surface area contributed by atoms with Gasteiger partial charge in [0.1, 0.15) is 5.82 Å². The van der Waals surface area contributed by atoms with Crippen LogP contribution in [0.15, 0.2) is 39.9 Å². The average Bonchev–Trinajstić information content (AvgIpc) is 2.64. The zero-order valence-corrected chi connectivity index (χ0v) is 16.2. The number of rotatable bonds is 8. The van der Waals surface area contributed by atoms with Crippen molar-refractivity contribution in [3.8, 4) is 0 Å². The highest BCUT2D eigenvalue weighted by Gasteiger charge is 2.25. The number of anilines is 2. The van der Waals surface area contributed by atoms with E-state index in [-0.39, 0.29) is 17.4 Å². The fourth-order valence-electron chi connectivity index (χ4n) is 2.82. The van der Waals surface area contributed by atoms with Crippen LogP contribution >= 0.6 is 0 Å². The number of nitrogens with two attached hydrogens (primary N) is 1. The first-order valence-corrected chi connectivity index (χ1v) is 9.36. The van der Waals surface area contributed by atoms with Crippen molar-refractivity contribution >= 4 is 17.4 Å². The summed E-state index contributed by atoms with van der Waals surface area (Å²) in [6.07, 6.45) is 2.32. The van der Waals surface area contributed by atoms with Gasteiger partial charge in [0.2, 0.25) is 0 Å². The Kier molecular flexibility index (Phi) is 6.98. The Morgan fingerprint density at radius 3 is 2.48 bits per heavy atom. The summed E-state index contributed by atoms with van der Waals surface area (Å²) in [7, 11) is 0. The molecule has 146 valence electrons. The summed E-state index contributed by atoms with van der Waals surface area (Å²) in [6.45, 7) is 6.82. The number of amides is 1. The molecular formula is C20H28N4O3. The van der Waals surface area contributed by atoms with Crippen LogP contribution < -0.4 is 21.9 Å². The number of H-pyrrole nitrogens is 1. The molecule has 1 amide bonds. The molecular weight excluding hydrogens is 344 g/mol. The summed E-state index contributed by atoms with van der Waals surface area (Å²) in [6, 6.07) is 8.75. The summed E-state index contributed by atoms with van der Waals surface area (Å²) < 4.78 is 1.33. The predicted octanol–water partition coefficient (Wildman–Crippen LogP) is 2.61. The quantitative estimate of drug-likeness (QED) is 0.744. The van der Waals surface area contributed by atoms with Crippen molar-refractivity contribution in [2.24, 2.45) is 5.92 Å². The van der Waals surface area contributed by atoms with Crippen molar-refractivity contribution in [2.45, 2.75) is 46.6 Å². The van der Waals surface area contributed by atoms with Gasteiger partial charge in [-0.2, -0.15) is 0 Å². The van der Waals surface area contributed by atoms with Gasteiger partial charge in [-0.15, -0.1) is 0 Å². The molecule has 7 nitrogen and oxygen atoms in total. The number of aromatic nitrogens is 2. The summed E-state index contributed by atoms with van der Waals surface area (Å²) in [5, 5.41) is 0. The first kappa shape index (κ1) is 20.5. The lowest BCUT2D eigenvalue weighted by atomic mass is 10.1. The Hall–Kier alpha value is -2.83. The minimum Gasteiger partial charge on any atom is -0.383 e. The molecule has 1 aromatic heterocycles. The summed E-state index contributed by atoms with van der Waals surface area (Å²) in [4.78, 5) is 41.5. The van der Waals surface area contributed by atoms with Crippen LogP contribution in [-0.4, -0.2) is 22.0 Å². The lowest BCUT2D eigenvalue weighted by molar-refractivity contribution is 0.0985. The van der Waals surface area contributed by atoms with Gasteiger partial charge in [0.25, 0.3) is 11.5 Å². The van der Waals surface area contributed by atoms with Crippen molar-refractivity contribution in [2.75, 3.05) is 17.2 Å². The standard InChI is InChI=1S/C20H28N4O3/c1-4-5-12-24-17(21)16(18(25)22-20(24)27)23(13-11-14(2)3)19(26)15-9-7-6-8-10-15/h6-10,14H,4-5,11-13,21H2,1-3H3,(H,22,25,27). The topological polar surface area (TPSA) is 101 Å². The van der Waals surface area contributed by atoms with Crippen molar-refractivity contribution < 1.29 is 4.79 Å². The minimum absolute atomic E-state index is 0.0326. The van der Waals surface area contributed by atoms with Gasteiger partial charge in [0, 0.05) is 18.7 Å². The maximum absolute atomic E-state index is 13.1. The number of nitrogen functional groups attached to an aromatic ring is 1. The first-order chi connectivity index (χ1) is 12.9. The average molecular weight is 372 g/mol. The van der Waals surface area contributed by atoms with E-state index in [0.717, 1.165) is 12.8 Å². The molecule has 0 radical (unpaired) electrons. The second-order valence-electron chi connectivity index (χ2n) is 7.00. The van der Waals surface area contributed by atoms with Crippen LogP contribution in [0.25, 0.3) is 0 Å². The molecule has 0 unspecified atom stereocenters. The van der Waals surface area contributed by atoms with Gasteiger partial charge in [-0.05, 0) is 30.9 Å². The van der Waals surface area contributed by atoms with Crippen LogP contribution in [0.2, 0.25) is 0 Å². The normalized spacial score (nSPS) is 11.0. The zero-order valence-electron chi connectivity index (χ0n) is 16.2. The summed E-state index contributed by atoms with van der Waals surface area (Å²) in [5.74, 6) is 0.0572. The number of nitrogens with zero attached hydrogens (tertiary/aromatic N) is 2. The molecule has 27 heavy (non-hydrogen) atoms. The van der Waals surface area contributed by atoms with E-state index in [9.17, 15) is 14.4 Å². The minimum atomic E-state index is -0.640. The van der Waals surface area contributed by atoms with Crippen LogP contribution in [0.1, 0.15) is 50.4 Å². The van der Waals surface area contributed by atoms with E-state index in [0.29, 0.717) is 31.0 Å². The molecule has 0 fully saturated rings. The lowest BCUT2D eigenvalue weighted by Crippen LogP contribution is -2.42. The predicted molar refractivity (Wildman–Crippen MR) is 108 cm³/mol. The Labute approximate surface area is 158 Å². The summed E-state index contributed by atoms with van der Waals surface area (Å²) in [5.41, 5.74) is 5.51. The number of unbranched alkanes of at least 4 members (excludes halogenated alkanes) is 1. The fraction of sp³-hybridized carbons (Fsp3) is 0.450. The second-order valence-corrected chi connectivity index (χ2v) is 7.00. The maximum Gasteiger partial charge on any atom is 0.330 e. The number of aromatic amines is 1. The summed E-state index contributed by atoms with van der Waals surface area (Å²) >= 11 is 0. The van der Waals surface area contributed by atoms with Gasteiger partial charge in [-0.25, -0.2) is 4.79 Å². The molecule has 1 aromatic carbocycles. The molecule has 0 atom stereocenters. The van der Waals surface area contributed by atoms with Crippen LogP contribution in [0.5, 0.6) is 0 Å². The molecule has 1 heterocycles. The molecule has 0 spiro atoms. The highest BCUT2D eigenvalue weighted by atomic mass is 16.2. The lowest BCUT2D eigenvalue weighted by Gasteiger charge is -2.25. The first-order valence-electron chi connectivity index (χ1n) is 9.36. The molecule has 2 rings (SSSR count). The number of hydrogen-bond donors (Lipinski definition) is 2. The SMILES string of the molecule is CCCCn1c(N)c(N(CCC(C)C)C(=O)c2ccccc2)c(=O)[nH]c1=O. The van der Waals surface area contributed by atoms with Gasteiger partial charge in [0.15, 0.2) is 5.69 Å². The second kappa shape index (κ2) is 9.21. The number of hydrogen-bond acceptors (Lipinski definition) is 4. The van der Waals surface area contributed by atoms with Crippen LogP contribution in [0.4, 0.5) is 11.5 Å².